The molecule has 1 saturated heterocycles. The molecule has 9 heteroatoms. The number of piperidine rings is 1. The lowest BCUT2D eigenvalue weighted by atomic mass is 9.93. The smallest absolute Gasteiger partial charge is 0.286 e. The molecule has 138 valence electrons. The maximum absolute atomic E-state index is 12.1. The minimum absolute atomic E-state index is 0.0744. The van der Waals surface area contributed by atoms with Gasteiger partial charge in [0.1, 0.15) is 0 Å². The molecule has 1 fully saturated rings. The summed E-state index contributed by atoms with van der Waals surface area (Å²) in [6, 6.07) is 0. The number of halogens is 3. The first-order chi connectivity index (χ1) is 11.5. The van der Waals surface area contributed by atoms with Crippen molar-refractivity contribution in [2.75, 3.05) is 14.1 Å². The maximum atomic E-state index is 12.1. The third-order valence-electron chi connectivity index (χ3n) is 4.65. The number of likely N-dealkylation sites (tertiary alicyclic amines) is 1. The van der Waals surface area contributed by atoms with Gasteiger partial charge in [-0.15, -0.1) is 0 Å². The van der Waals surface area contributed by atoms with Gasteiger partial charge in [-0.25, -0.2) is 0 Å². The third kappa shape index (κ3) is 3.91. The molecule has 0 N–H and O–H groups in total. The predicted molar refractivity (Wildman–Crippen MR) is 79.8 cm³/mol. The molecule has 0 unspecified atom stereocenters. The highest BCUT2D eigenvalue weighted by molar-refractivity contribution is 6.19. The Hall–Kier alpha value is -2.19. The predicted octanol–water partition coefficient (Wildman–Crippen LogP) is 1.80. The number of nitrogens with zero attached hydrogens (tertiary/aromatic N) is 2. The van der Waals surface area contributed by atoms with E-state index in [0.717, 1.165) is 41.7 Å². The number of hydrogen-bond acceptors (Lipinski definition) is 4. The van der Waals surface area contributed by atoms with Crippen LogP contribution < -0.4 is 0 Å². The van der Waals surface area contributed by atoms with Gasteiger partial charge < -0.3 is 0 Å². The monoisotopic (exact) mass is 360 g/mol. The van der Waals surface area contributed by atoms with Crippen LogP contribution in [0.15, 0.2) is 11.1 Å². The molecule has 0 aromatic rings. The van der Waals surface area contributed by atoms with Gasteiger partial charge in [-0.1, -0.05) is 0 Å². The lowest BCUT2D eigenvalue weighted by Crippen LogP contribution is -2.44. The van der Waals surface area contributed by atoms with E-state index in [-0.39, 0.29) is 11.8 Å². The largest absolute Gasteiger partial charge is 0.392 e. The Morgan fingerprint density at radius 3 is 1.56 bits per heavy atom. The second kappa shape index (κ2) is 6.97. The molecule has 0 spiro atoms. The molecule has 0 aromatic heterocycles. The highest BCUT2D eigenvalue weighted by Gasteiger charge is 2.46. The zero-order valence-electron chi connectivity index (χ0n) is 14.0. The summed E-state index contributed by atoms with van der Waals surface area (Å²) < 4.78 is 36.3. The highest BCUT2D eigenvalue weighted by Crippen LogP contribution is 2.34. The molecule has 3 aliphatic rings. The summed E-state index contributed by atoms with van der Waals surface area (Å²) in [4.78, 5) is 46.5. The molecule has 2 heterocycles. The standard InChI is InChI=1S/C9H11NO2.C7H8F3NO2/c1-10-8(11)6-4-2-3-5-7(6)9(10)12;1-11-5(12)2-4(3-6(11)13)7(8,9)10/h2-5H2,1H3;4H,2-3H2,1H3. The number of likely N-dealkylation sites (N-methyl/N-ethyl adjacent to an activating group) is 1. The Bertz CT molecular complexity index is 608. The van der Waals surface area contributed by atoms with E-state index in [1.807, 2.05) is 0 Å². The highest BCUT2D eigenvalue weighted by atomic mass is 19.4. The van der Waals surface area contributed by atoms with Crippen LogP contribution in [-0.4, -0.2) is 53.7 Å². The fourth-order valence-corrected chi connectivity index (χ4v) is 3.01. The Morgan fingerprint density at radius 2 is 1.20 bits per heavy atom. The van der Waals surface area contributed by atoms with Crippen molar-refractivity contribution in [2.45, 2.75) is 44.7 Å². The number of hydrogen-bond donors (Lipinski definition) is 0. The van der Waals surface area contributed by atoms with Crippen molar-refractivity contribution in [3.05, 3.63) is 11.1 Å². The minimum Gasteiger partial charge on any atom is -0.286 e. The average Bonchev–Trinajstić information content (AvgIpc) is 2.77. The van der Waals surface area contributed by atoms with Crippen LogP contribution in [0.3, 0.4) is 0 Å². The van der Waals surface area contributed by atoms with Crippen molar-refractivity contribution in [2.24, 2.45) is 5.92 Å². The minimum atomic E-state index is -4.45. The number of carbonyl (C=O) groups is 4. The summed E-state index contributed by atoms with van der Waals surface area (Å²) in [6.45, 7) is 0. The molecule has 0 aromatic carbocycles. The Kier molecular flexibility index (Phi) is 5.34. The first-order valence-corrected chi connectivity index (χ1v) is 7.94. The molecule has 25 heavy (non-hydrogen) atoms. The van der Waals surface area contributed by atoms with Crippen molar-refractivity contribution in [1.82, 2.24) is 9.80 Å². The van der Waals surface area contributed by atoms with Crippen LogP contribution in [0.4, 0.5) is 13.2 Å². The van der Waals surface area contributed by atoms with E-state index in [1.165, 1.54) is 11.9 Å². The quantitative estimate of drug-likeness (QED) is 0.618. The normalized spacial score (nSPS) is 22.3. The summed E-state index contributed by atoms with van der Waals surface area (Å²) in [5, 5.41) is 0. The van der Waals surface area contributed by atoms with E-state index < -0.39 is 36.8 Å². The van der Waals surface area contributed by atoms with Crippen LogP contribution in [0.5, 0.6) is 0 Å². The second-order valence-corrected chi connectivity index (χ2v) is 6.33. The molecule has 0 atom stereocenters. The van der Waals surface area contributed by atoms with Gasteiger partial charge in [-0.05, 0) is 25.7 Å². The number of amides is 4. The fraction of sp³-hybridized carbons (Fsp3) is 0.625. The van der Waals surface area contributed by atoms with E-state index in [2.05, 4.69) is 0 Å². The Labute approximate surface area is 142 Å². The lowest BCUT2D eigenvalue weighted by molar-refractivity contribution is -0.192. The number of alkyl halides is 3. The van der Waals surface area contributed by atoms with Gasteiger partial charge in [0.25, 0.3) is 11.8 Å². The lowest BCUT2D eigenvalue weighted by Gasteiger charge is -2.28. The zero-order valence-corrected chi connectivity index (χ0v) is 14.0. The first-order valence-electron chi connectivity index (χ1n) is 7.94. The number of carbonyl (C=O) groups excluding carboxylic acids is 4. The molecule has 3 rings (SSSR count). The molecular weight excluding hydrogens is 341 g/mol. The van der Waals surface area contributed by atoms with Crippen LogP contribution in [0.2, 0.25) is 0 Å². The summed E-state index contributed by atoms with van der Waals surface area (Å²) in [6.07, 6.45) is -2.00. The van der Waals surface area contributed by atoms with Crippen molar-refractivity contribution >= 4 is 23.6 Å². The van der Waals surface area contributed by atoms with Gasteiger partial charge in [0, 0.05) is 38.1 Å². The van der Waals surface area contributed by atoms with Gasteiger partial charge in [0.15, 0.2) is 0 Å². The molecule has 0 saturated carbocycles. The maximum Gasteiger partial charge on any atom is 0.392 e. The summed E-state index contributed by atoms with van der Waals surface area (Å²) >= 11 is 0. The SMILES string of the molecule is CN1C(=O)C2=C(CCCC2)C1=O.CN1C(=O)CC(C(F)(F)F)CC1=O. The van der Waals surface area contributed by atoms with E-state index >= 15 is 0 Å². The number of rotatable bonds is 0. The first kappa shape index (κ1) is 19.1. The van der Waals surface area contributed by atoms with E-state index in [4.69, 9.17) is 0 Å². The topological polar surface area (TPSA) is 74.8 Å². The van der Waals surface area contributed by atoms with Crippen LogP contribution in [0.1, 0.15) is 38.5 Å². The summed E-state index contributed by atoms with van der Waals surface area (Å²) in [5.74, 6) is -3.48. The van der Waals surface area contributed by atoms with Crippen molar-refractivity contribution in [3.63, 3.8) is 0 Å². The second-order valence-electron chi connectivity index (χ2n) is 6.33. The average molecular weight is 360 g/mol. The number of imide groups is 2. The van der Waals surface area contributed by atoms with Crippen molar-refractivity contribution in [1.29, 1.82) is 0 Å². The van der Waals surface area contributed by atoms with Gasteiger partial charge in [-0.3, -0.25) is 29.0 Å². The van der Waals surface area contributed by atoms with Crippen molar-refractivity contribution in [3.8, 4) is 0 Å². The molecule has 0 bridgehead atoms. The van der Waals surface area contributed by atoms with Crippen LogP contribution in [0.25, 0.3) is 0 Å². The summed E-state index contributed by atoms with van der Waals surface area (Å²) in [5.41, 5.74) is 1.54. The van der Waals surface area contributed by atoms with E-state index in [0.29, 0.717) is 0 Å². The molecule has 1 aliphatic carbocycles. The van der Waals surface area contributed by atoms with Crippen LogP contribution in [-0.2, 0) is 19.2 Å². The van der Waals surface area contributed by atoms with Crippen LogP contribution in [0, 0.1) is 5.92 Å². The van der Waals surface area contributed by atoms with E-state index in [9.17, 15) is 32.3 Å². The Balaban J connectivity index is 0.000000181. The van der Waals surface area contributed by atoms with E-state index in [1.54, 1.807) is 7.05 Å². The summed E-state index contributed by atoms with van der Waals surface area (Å²) in [7, 11) is 2.75. The Morgan fingerprint density at radius 1 is 0.800 bits per heavy atom. The molecular formula is C16H19F3N2O4. The van der Waals surface area contributed by atoms with Gasteiger partial charge >= 0.3 is 6.18 Å². The van der Waals surface area contributed by atoms with Gasteiger partial charge in [0.05, 0.1) is 5.92 Å². The molecule has 6 nitrogen and oxygen atoms in total. The van der Waals surface area contributed by atoms with Gasteiger partial charge in [-0.2, -0.15) is 13.2 Å². The molecule has 2 aliphatic heterocycles. The van der Waals surface area contributed by atoms with Gasteiger partial charge in [0.2, 0.25) is 11.8 Å². The third-order valence-corrected chi connectivity index (χ3v) is 4.65. The zero-order chi connectivity index (χ0) is 18.9. The fourth-order valence-electron chi connectivity index (χ4n) is 3.01. The molecule has 0 radical (unpaired) electrons. The van der Waals surface area contributed by atoms with Crippen molar-refractivity contribution < 1.29 is 32.3 Å². The van der Waals surface area contributed by atoms with Crippen LogP contribution >= 0.6 is 0 Å². The molecule has 4 amide bonds.